The Morgan fingerprint density at radius 3 is 2.53 bits per heavy atom. The summed E-state index contributed by atoms with van der Waals surface area (Å²) >= 11 is 0. The van der Waals surface area contributed by atoms with Gasteiger partial charge in [0.25, 0.3) is 5.91 Å². The first-order valence-corrected chi connectivity index (χ1v) is 10.3. The molecule has 1 aliphatic rings. The van der Waals surface area contributed by atoms with E-state index in [0.717, 1.165) is 56.8 Å². The Balaban J connectivity index is 0.00000225. The third-order valence-electron chi connectivity index (χ3n) is 5.54. The lowest BCUT2D eigenvalue weighted by molar-refractivity contribution is 0.0945. The van der Waals surface area contributed by atoms with Gasteiger partial charge in [-0.15, -0.1) is 29.9 Å². The van der Waals surface area contributed by atoms with E-state index < -0.39 is 0 Å². The van der Waals surface area contributed by atoms with Crippen LogP contribution in [0, 0.1) is 6.92 Å². The molecule has 1 aliphatic heterocycles. The third kappa shape index (κ3) is 6.67. The molecule has 0 spiro atoms. The standard InChI is InChI=1S/C21H32N6O.2ClH/c1-4-26(5-2)15-18-8-6-7-17(13-18)14-23-21(28)20-16(3)27(25-24-20)19-9-11-22-12-10-19;;/h6-8,13,19,22H,4-5,9-12,14-15H2,1-3H3,(H,23,28);2*1H. The number of piperidine rings is 1. The van der Waals surface area contributed by atoms with Crippen LogP contribution in [0.1, 0.15) is 60.0 Å². The monoisotopic (exact) mass is 456 g/mol. The average molecular weight is 457 g/mol. The molecule has 1 aromatic carbocycles. The van der Waals surface area contributed by atoms with Gasteiger partial charge in [0.1, 0.15) is 0 Å². The van der Waals surface area contributed by atoms with Crippen molar-refractivity contribution in [3.8, 4) is 0 Å². The minimum atomic E-state index is -0.160. The Morgan fingerprint density at radius 1 is 1.20 bits per heavy atom. The van der Waals surface area contributed by atoms with Crippen LogP contribution in [0.3, 0.4) is 0 Å². The minimum absolute atomic E-state index is 0. The molecule has 1 aromatic heterocycles. The van der Waals surface area contributed by atoms with Crippen LogP contribution in [0.25, 0.3) is 0 Å². The molecule has 0 bridgehead atoms. The number of nitrogens with one attached hydrogen (secondary N) is 2. The van der Waals surface area contributed by atoms with E-state index in [4.69, 9.17) is 0 Å². The first kappa shape index (κ1) is 26.4. The largest absolute Gasteiger partial charge is 0.347 e. The number of benzene rings is 1. The molecule has 9 heteroatoms. The van der Waals surface area contributed by atoms with Crippen molar-refractivity contribution in [1.29, 1.82) is 0 Å². The zero-order chi connectivity index (χ0) is 19.9. The summed E-state index contributed by atoms with van der Waals surface area (Å²) in [4.78, 5) is 15.0. The maximum atomic E-state index is 12.6. The molecule has 1 saturated heterocycles. The predicted molar refractivity (Wildman–Crippen MR) is 125 cm³/mol. The van der Waals surface area contributed by atoms with E-state index in [2.05, 4.69) is 57.9 Å². The van der Waals surface area contributed by atoms with Gasteiger partial charge in [0.15, 0.2) is 5.69 Å². The van der Waals surface area contributed by atoms with Gasteiger partial charge in [0, 0.05) is 13.1 Å². The van der Waals surface area contributed by atoms with Crippen molar-refractivity contribution < 1.29 is 4.79 Å². The highest BCUT2D eigenvalue weighted by Crippen LogP contribution is 2.20. The summed E-state index contributed by atoms with van der Waals surface area (Å²) in [6, 6.07) is 8.73. The second-order valence-corrected chi connectivity index (χ2v) is 7.41. The molecule has 1 fully saturated rings. The molecule has 1 amide bonds. The van der Waals surface area contributed by atoms with E-state index in [9.17, 15) is 4.79 Å². The van der Waals surface area contributed by atoms with Crippen LogP contribution in [-0.2, 0) is 13.1 Å². The summed E-state index contributed by atoms with van der Waals surface area (Å²) in [5.41, 5.74) is 3.64. The molecular weight excluding hydrogens is 423 g/mol. The van der Waals surface area contributed by atoms with Crippen LogP contribution in [0.4, 0.5) is 0 Å². The number of halogens is 2. The average Bonchev–Trinajstić information content (AvgIpc) is 3.12. The Morgan fingerprint density at radius 2 is 1.87 bits per heavy atom. The fourth-order valence-electron chi connectivity index (χ4n) is 3.76. The number of hydrogen-bond acceptors (Lipinski definition) is 5. The van der Waals surface area contributed by atoms with E-state index in [-0.39, 0.29) is 30.7 Å². The second kappa shape index (κ2) is 12.9. The zero-order valence-electron chi connectivity index (χ0n) is 18.1. The van der Waals surface area contributed by atoms with Crippen molar-refractivity contribution in [2.75, 3.05) is 26.2 Å². The van der Waals surface area contributed by atoms with Crippen molar-refractivity contribution in [2.45, 2.75) is 52.7 Å². The van der Waals surface area contributed by atoms with Crippen LogP contribution >= 0.6 is 24.8 Å². The zero-order valence-corrected chi connectivity index (χ0v) is 19.7. The summed E-state index contributed by atoms with van der Waals surface area (Å²) in [5.74, 6) is -0.160. The summed E-state index contributed by atoms with van der Waals surface area (Å²) in [6.07, 6.45) is 2.04. The van der Waals surface area contributed by atoms with Crippen LogP contribution < -0.4 is 10.6 Å². The molecule has 0 saturated carbocycles. The van der Waals surface area contributed by atoms with Crippen LogP contribution in [0.15, 0.2) is 24.3 Å². The van der Waals surface area contributed by atoms with Crippen molar-refractivity contribution in [3.05, 3.63) is 46.8 Å². The molecule has 2 aromatic rings. The van der Waals surface area contributed by atoms with E-state index in [1.54, 1.807) is 0 Å². The highest BCUT2D eigenvalue weighted by atomic mass is 35.5. The van der Waals surface area contributed by atoms with Crippen LogP contribution in [0.2, 0.25) is 0 Å². The molecule has 0 radical (unpaired) electrons. The quantitative estimate of drug-likeness (QED) is 0.637. The normalized spacial score (nSPS) is 14.1. The van der Waals surface area contributed by atoms with Gasteiger partial charge in [-0.05, 0) is 57.1 Å². The van der Waals surface area contributed by atoms with Gasteiger partial charge in [0.05, 0.1) is 11.7 Å². The molecule has 168 valence electrons. The number of rotatable bonds is 8. The lowest BCUT2D eigenvalue weighted by Crippen LogP contribution is -2.30. The van der Waals surface area contributed by atoms with Crippen molar-refractivity contribution in [2.24, 2.45) is 0 Å². The molecule has 3 rings (SSSR count). The Bertz CT molecular complexity index is 788. The molecule has 2 heterocycles. The molecule has 0 aliphatic carbocycles. The Hall–Kier alpha value is -1.67. The fourth-order valence-corrected chi connectivity index (χ4v) is 3.76. The van der Waals surface area contributed by atoms with E-state index in [0.29, 0.717) is 18.3 Å². The summed E-state index contributed by atoms with van der Waals surface area (Å²) in [6.45, 7) is 11.7. The van der Waals surface area contributed by atoms with Gasteiger partial charge in [-0.25, -0.2) is 4.68 Å². The lowest BCUT2D eigenvalue weighted by atomic mass is 10.1. The Kier molecular flexibility index (Phi) is 11.3. The van der Waals surface area contributed by atoms with E-state index in [1.807, 2.05) is 17.7 Å². The van der Waals surface area contributed by atoms with Gasteiger partial charge >= 0.3 is 0 Å². The third-order valence-corrected chi connectivity index (χ3v) is 5.54. The van der Waals surface area contributed by atoms with Crippen LogP contribution in [0.5, 0.6) is 0 Å². The maximum absolute atomic E-state index is 12.6. The number of amides is 1. The first-order valence-electron chi connectivity index (χ1n) is 10.3. The molecule has 7 nitrogen and oxygen atoms in total. The molecule has 0 unspecified atom stereocenters. The van der Waals surface area contributed by atoms with Gasteiger partial charge < -0.3 is 10.6 Å². The number of carbonyl (C=O) groups is 1. The van der Waals surface area contributed by atoms with E-state index >= 15 is 0 Å². The molecule has 30 heavy (non-hydrogen) atoms. The van der Waals surface area contributed by atoms with Gasteiger partial charge in [-0.2, -0.15) is 0 Å². The lowest BCUT2D eigenvalue weighted by Gasteiger charge is -2.23. The molecule has 0 atom stereocenters. The van der Waals surface area contributed by atoms with Crippen molar-refractivity contribution in [1.82, 2.24) is 30.5 Å². The summed E-state index contributed by atoms with van der Waals surface area (Å²) in [5, 5.41) is 14.8. The van der Waals surface area contributed by atoms with Crippen molar-refractivity contribution in [3.63, 3.8) is 0 Å². The predicted octanol–water partition coefficient (Wildman–Crippen LogP) is 3.13. The van der Waals surface area contributed by atoms with E-state index in [1.165, 1.54) is 5.56 Å². The highest BCUT2D eigenvalue weighted by Gasteiger charge is 2.22. The molecule has 2 N–H and O–H groups in total. The van der Waals surface area contributed by atoms with Crippen LogP contribution in [-0.4, -0.2) is 52.0 Å². The number of carbonyl (C=O) groups excluding carboxylic acids is 1. The SMILES string of the molecule is CCN(CC)Cc1cccc(CNC(=O)c2nnn(C3CCNCC3)c2C)c1.Cl.Cl. The first-order chi connectivity index (χ1) is 13.6. The number of hydrogen-bond donors (Lipinski definition) is 2. The highest BCUT2D eigenvalue weighted by molar-refractivity contribution is 5.93. The van der Waals surface area contributed by atoms with Crippen molar-refractivity contribution >= 4 is 30.7 Å². The Labute approximate surface area is 191 Å². The van der Waals surface area contributed by atoms with Gasteiger partial charge in [0.2, 0.25) is 0 Å². The van der Waals surface area contributed by atoms with Gasteiger partial charge in [-0.1, -0.05) is 43.3 Å². The minimum Gasteiger partial charge on any atom is -0.347 e. The summed E-state index contributed by atoms with van der Waals surface area (Å²) in [7, 11) is 0. The maximum Gasteiger partial charge on any atom is 0.274 e. The number of aromatic nitrogens is 3. The van der Waals surface area contributed by atoms with Gasteiger partial charge in [-0.3, -0.25) is 9.69 Å². The smallest absolute Gasteiger partial charge is 0.274 e. The number of nitrogens with zero attached hydrogens (tertiary/aromatic N) is 4. The molecular formula is C21H34Cl2N6O. The summed E-state index contributed by atoms with van der Waals surface area (Å²) < 4.78 is 1.92. The fraction of sp³-hybridized carbons (Fsp3) is 0.571. The second-order valence-electron chi connectivity index (χ2n) is 7.41. The topological polar surface area (TPSA) is 75.1 Å².